The predicted octanol–water partition coefficient (Wildman–Crippen LogP) is 3.41. The Morgan fingerprint density at radius 1 is 1.35 bits per heavy atom. The molecule has 0 aromatic carbocycles. The molecule has 0 aliphatic rings. The summed E-state index contributed by atoms with van der Waals surface area (Å²) in [6.07, 6.45) is 1.08. The molecule has 3 nitrogen and oxygen atoms in total. The van der Waals surface area contributed by atoms with Gasteiger partial charge < -0.3 is 4.90 Å². The van der Waals surface area contributed by atoms with Crippen LogP contribution in [0.15, 0.2) is 18.3 Å². The molecule has 4 heteroatoms. The minimum absolute atomic E-state index is 0.0436. The van der Waals surface area contributed by atoms with E-state index in [0.29, 0.717) is 18.3 Å². The van der Waals surface area contributed by atoms with Crippen molar-refractivity contribution in [3.05, 3.63) is 29.8 Å². The molecule has 0 radical (unpaired) electrons. The van der Waals surface area contributed by atoms with Gasteiger partial charge in [0.25, 0.3) is 0 Å². The molecule has 0 aliphatic carbocycles. The number of ketones is 1. The van der Waals surface area contributed by atoms with Gasteiger partial charge in [-0.15, -0.1) is 0 Å². The minimum Gasteiger partial charge on any atom is -0.302 e. The lowest BCUT2D eigenvalue weighted by Gasteiger charge is -2.36. The first kappa shape index (κ1) is 16.8. The van der Waals surface area contributed by atoms with E-state index in [1.165, 1.54) is 12.1 Å². The van der Waals surface area contributed by atoms with E-state index in [-0.39, 0.29) is 17.1 Å². The summed E-state index contributed by atoms with van der Waals surface area (Å²) in [5.74, 6) is -0.631. The normalized spacial score (nSPS) is 15.2. The van der Waals surface area contributed by atoms with Crippen LogP contribution in [0.25, 0.3) is 0 Å². The first-order valence-electron chi connectivity index (χ1n) is 6.99. The number of Topliss-reactive ketones (excluding diaryl/α,β-unsaturated/α-hetero) is 1. The van der Waals surface area contributed by atoms with Crippen molar-refractivity contribution in [3.8, 4) is 0 Å². The fourth-order valence-corrected chi connectivity index (χ4v) is 2.11. The van der Waals surface area contributed by atoms with E-state index in [9.17, 15) is 9.18 Å². The second-order valence-corrected chi connectivity index (χ2v) is 6.61. The van der Waals surface area contributed by atoms with Gasteiger partial charge in [-0.3, -0.25) is 9.78 Å². The molecule has 0 saturated heterocycles. The van der Waals surface area contributed by atoms with Crippen molar-refractivity contribution in [2.75, 3.05) is 13.6 Å². The molecule has 1 aromatic rings. The molecule has 1 aromatic heterocycles. The van der Waals surface area contributed by atoms with E-state index in [4.69, 9.17) is 0 Å². The van der Waals surface area contributed by atoms with Gasteiger partial charge in [-0.25, -0.2) is 4.39 Å². The zero-order valence-corrected chi connectivity index (χ0v) is 13.3. The summed E-state index contributed by atoms with van der Waals surface area (Å²) in [4.78, 5) is 18.3. The van der Waals surface area contributed by atoms with Crippen LogP contribution in [0.3, 0.4) is 0 Å². The van der Waals surface area contributed by atoms with Gasteiger partial charge in [0.2, 0.25) is 0 Å². The maximum absolute atomic E-state index is 12.8. The predicted molar refractivity (Wildman–Crippen MR) is 79.2 cm³/mol. The Hall–Kier alpha value is -1.29. The highest BCUT2D eigenvalue weighted by molar-refractivity contribution is 5.95. The fourth-order valence-electron chi connectivity index (χ4n) is 2.11. The number of hydrogen-bond acceptors (Lipinski definition) is 3. The number of nitrogens with zero attached hydrogens (tertiary/aromatic N) is 2. The molecule has 20 heavy (non-hydrogen) atoms. The van der Waals surface area contributed by atoms with Crippen LogP contribution in [0, 0.1) is 17.2 Å². The molecule has 0 amide bonds. The number of rotatable bonds is 5. The van der Waals surface area contributed by atoms with Crippen molar-refractivity contribution in [2.24, 2.45) is 11.3 Å². The van der Waals surface area contributed by atoms with E-state index < -0.39 is 5.82 Å². The molecule has 2 unspecified atom stereocenters. The van der Waals surface area contributed by atoms with Crippen molar-refractivity contribution in [1.82, 2.24) is 9.88 Å². The molecule has 112 valence electrons. The van der Waals surface area contributed by atoms with Crippen LogP contribution >= 0.6 is 0 Å². The maximum atomic E-state index is 12.8. The van der Waals surface area contributed by atoms with Crippen LogP contribution in [-0.2, 0) is 0 Å². The molecule has 0 bridgehead atoms. The van der Waals surface area contributed by atoms with Crippen molar-refractivity contribution in [3.63, 3.8) is 0 Å². The van der Waals surface area contributed by atoms with Crippen molar-refractivity contribution >= 4 is 5.78 Å². The first-order chi connectivity index (χ1) is 9.12. The van der Waals surface area contributed by atoms with Gasteiger partial charge in [-0.1, -0.05) is 27.7 Å². The minimum atomic E-state index is -0.423. The third kappa shape index (κ3) is 4.37. The lowest BCUT2D eigenvalue weighted by atomic mass is 9.86. The molecule has 0 fully saturated rings. The van der Waals surface area contributed by atoms with Gasteiger partial charge in [0.1, 0.15) is 11.5 Å². The van der Waals surface area contributed by atoms with Gasteiger partial charge in [-0.05, 0) is 31.5 Å². The van der Waals surface area contributed by atoms with Crippen molar-refractivity contribution in [1.29, 1.82) is 0 Å². The number of carbonyl (C=O) groups is 1. The van der Waals surface area contributed by atoms with Crippen molar-refractivity contribution < 1.29 is 9.18 Å². The van der Waals surface area contributed by atoms with Gasteiger partial charge >= 0.3 is 0 Å². The largest absolute Gasteiger partial charge is 0.302 e. The molecule has 2 atom stereocenters. The van der Waals surface area contributed by atoms with Crippen LogP contribution in [-0.4, -0.2) is 35.3 Å². The Balaban J connectivity index is 2.69. The topological polar surface area (TPSA) is 33.2 Å². The Morgan fingerprint density at radius 3 is 2.40 bits per heavy atom. The molecule has 0 spiro atoms. The van der Waals surface area contributed by atoms with Gasteiger partial charge in [0.15, 0.2) is 5.78 Å². The number of halogens is 1. The van der Waals surface area contributed by atoms with Gasteiger partial charge in [-0.2, -0.15) is 0 Å². The maximum Gasteiger partial charge on any atom is 0.185 e. The zero-order valence-electron chi connectivity index (χ0n) is 13.3. The summed E-state index contributed by atoms with van der Waals surface area (Å²) in [5, 5.41) is 0. The number of carbonyl (C=O) groups excluding carboxylic acids is 1. The zero-order chi connectivity index (χ0) is 15.5. The summed E-state index contributed by atoms with van der Waals surface area (Å²) in [6, 6.07) is 3.08. The van der Waals surface area contributed by atoms with Crippen LogP contribution < -0.4 is 0 Å². The average Bonchev–Trinajstić information content (AvgIpc) is 2.36. The first-order valence-corrected chi connectivity index (χ1v) is 6.99. The Kier molecular flexibility index (Phi) is 5.40. The summed E-state index contributed by atoms with van der Waals surface area (Å²) in [7, 11) is 2.03. The molecule has 0 aliphatic heterocycles. The summed E-state index contributed by atoms with van der Waals surface area (Å²) in [5.41, 5.74) is 0.488. The summed E-state index contributed by atoms with van der Waals surface area (Å²) in [6.45, 7) is 11.3. The van der Waals surface area contributed by atoms with E-state index >= 15 is 0 Å². The smallest absolute Gasteiger partial charge is 0.185 e. The van der Waals surface area contributed by atoms with Crippen LogP contribution in [0.2, 0.25) is 0 Å². The molecular weight excluding hydrogens is 255 g/mol. The van der Waals surface area contributed by atoms with E-state index in [1.807, 2.05) is 14.0 Å². The Morgan fingerprint density at radius 2 is 1.95 bits per heavy atom. The standard InChI is InChI=1S/C16H25FN2O/c1-11(10-19(6)12(2)16(3,4)5)15(20)14-8-7-13(17)9-18-14/h7-9,11-12H,10H2,1-6H3. The number of aromatic nitrogens is 1. The van der Waals surface area contributed by atoms with Gasteiger partial charge in [0.05, 0.1) is 6.20 Å². The van der Waals surface area contributed by atoms with E-state index in [1.54, 1.807) is 0 Å². The SMILES string of the molecule is CC(CN(C)C(C)C(C)(C)C)C(=O)c1ccc(F)cn1. The van der Waals surface area contributed by atoms with Crippen molar-refractivity contribution in [2.45, 2.75) is 40.7 Å². The molecule has 1 rings (SSSR count). The Labute approximate surface area is 121 Å². The lowest BCUT2D eigenvalue weighted by Crippen LogP contribution is -2.42. The highest BCUT2D eigenvalue weighted by Gasteiger charge is 2.26. The monoisotopic (exact) mass is 280 g/mol. The fraction of sp³-hybridized carbons (Fsp3) is 0.625. The number of pyridine rings is 1. The third-order valence-corrected chi connectivity index (χ3v) is 3.90. The highest BCUT2D eigenvalue weighted by Crippen LogP contribution is 2.24. The lowest BCUT2D eigenvalue weighted by molar-refractivity contribution is 0.0827. The van der Waals surface area contributed by atoms with Crippen LogP contribution in [0.4, 0.5) is 4.39 Å². The molecule has 1 heterocycles. The summed E-state index contributed by atoms with van der Waals surface area (Å²) >= 11 is 0. The number of hydrogen-bond donors (Lipinski definition) is 0. The second-order valence-electron chi connectivity index (χ2n) is 6.61. The molecular formula is C16H25FN2O. The molecule has 0 saturated carbocycles. The van der Waals surface area contributed by atoms with Crippen LogP contribution in [0.1, 0.15) is 45.1 Å². The quantitative estimate of drug-likeness (QED) is 0.775. The Bertz CT molecular complexity index is 451. The van der Waals surface area contributed by atoms with Crippen LogP contribution in [0.5, 0.6) is 0 Å². The summed E-state index contributed by atoms with van der Waals surface area (Å²) < 4.78 is 12.8. The highest BCUT2D eigenvalue weighted by atomic mass is 19.1. The third-order valence-electron chi connectivity index (χ3n) is 3.90. The van der Waals surface area contributed by atoms with E-state index in [0.717, 1.165) is 6.20 Å². The second kappa shape index (κ2) is 6.44. The van der Waals surface area contributed by atoms with Gasteiger partial charge in [0, 0.05) is 18.5 Å². The average molecular weight is 280 g/mol. The molecule has 0 N–H and O–H groups in total. The van der Waals surface area contributed by atoms with E-state index in [2.05, 4.69) is 37.6 Å².